The molecule has 156 valence electrons. The second-order valence-corrected chi connectivity index (χ2v) is 7.37. The Kier molecular flexibility index (Phi) is 6.27. The smallest absolute Gasteiger partial charge is 0.194 e. The molecule has 30 heavy (non-hydrogen) atoms. The lowest BCUT2D eigenvalue weighted by Gasteiger charge is -2.22. The minimum absolute atomic E-state index is 0.508. The molecule has 3 heterocycles. The quantitative estimate of drug-likeness (QED) is 0.505. The van der Waals surface area contributed by atoms with Gasteiger partial charge in [-0.2, -0.15) is 0 Å². The number of methoxy groups -OCH3 is 1. The normalized spacial score (nSPS) is 16.7. The summed E-state index contributed by atoms with van der Waals surface area (Å²) in [6.45, 7) is 5.53. The van der Waals surface area contributed by atoms with Crippen LogP contribution in [0, 0.1) is 0 Å². The summed E-state index contributed by atoms with van der Waals surface area (Å²) >= 11 is 0. The van der Waals surface area contributed by atoms with Crippen LogP contribution >= 0.6 is 0 Å². The molecule has 1 atom stereocenters. The zero-order chi connectivity index (χ0) is 20.8. The number of aromatic nitrogens is 3. The van der Waals surface area contributed by atoms with Gasteiger partial charge in [0, 0.05) is 44.1 Å². The van der Waals surface area contributed by atoms with Gasteiger partial charge in [-0.15, -0.1) is 0 Å². The molecule has 1 fully saturated rings. The van der Waals surface area contributed by atoms with E-state index in [1.165, 1.54) is 5.56 Å². The van der Waals surface area contributed by atoms with Crippen LogP contribution in [0.2, 0.25) is 0 Å². The number of benzene rings is 1. The number of hydrogen-bond acceptors (Lipinski definition) is 4. The maximum Gasteiger partial charge on any atom is 0.194 e. The first-order valence-corrected chi connectivity index (χ1v) is 10.4. The van der Waals surface area contributed by atoms with Crippen LogP contribution in [-0.4, -0.2) is 52.1 Å². The van der Waals surface area contributed by atoms with Crippen LogP contribution in [0.5, 0.6) is 5.75 Å². The van der Waals surface area contributed by atoms with E-state index < -0.39 is 0 Å². The highest BCUT2D eigenvalue weighted by atomic mass is 16.5. The summed E-state index contributed by atoms with van der Waals surface area (Å²) in [5, 5.41) is 3.45. The molecule has 4 rings (SSSR count). The Morgan fingerprint density at radius 3 is 2.83 bits per heavy atom. The van der Waals surface area contributed by atoms with Gasteiger partial charge in [0.25, 0.3) is 0 Å². The number of nitrogens with one attached hydrogen (secondary N) is 1. The second-order valence-electron chi connectivity index (χ2n) is 7.37. The summed E-state index contributed by atoms with van der Waals surface area (Å²) in [6, 6.07) is 12.5. The van der Waals surface area contributed by atoms with Crippen molar-refractivity contribution in [3.8, 4) is 11.6 Å². The standard InChI is InChI=1S/C23H28N6O/c1-3-25-23(27-15-18-8-10-26-22(14-18)29-13-11-24-17-29)28-12-9-20(16-28)19-4-6-21(30-2)7-5-19/h4-8,10-11,13-14,17,20H,3,9,12,15-16H2,1-2H3,(H,25,27). The fourth-order valence-electron chi connectivity index (χ4n) is 3.79. The van der Waals surface area contributed by atoms with Crippen molar-refractivity contribution in [3.63, 3.8) is 0 Å². The number of ether oxygens (including phenoxy) is 1. The van der Waals surface area contributed by atoms with Crippen LogP contribution in [0.1, 0.15) is 30.4 Å². The van der Waals surface area contributed by atoms with E-state index in [2.05, 4.69) is 45.3 Å². The fourth-order valence-corrected chi connectivity index (χ4v) is 3.79. The van der Waals surface area contributed by atoms with Gasteiger partial charge in [-0.05, 0) is 48.7 Å². The van der Waals surface area contributed by atoms with Crippen LogP contribution in [-0.2, 0) is 6.54 Å². The van der Waals surface area contributed by atoms with E-state index >= 15 is 0 Å². The molecule has 1 saturated heterocycles. The molecule has 1 unspecified atom stereocenters. The molecule has 7 heteroatoms. The van der Waals surface area contributed by atoms with Crippen molar-refractivity contribution >= 4 is 5.96 Å². The van der Waals surface area contributed by atoms with Gasteiger partial charge >= 0.3 is 0 Å². The lowest BCUT2D eigenvalue weighted by molar-refractivity contribution is 0.414. The Morgan fingerprint density at radius 1 is 1.23 bits per heavy atom. The van der Waals surface area contributed by atoms with Crippen molar-refractivity contribution in [2.24, 2.45) is 4.99 Å². The van der Waals surface area contributed by atoms with E-state index in [4.69, 9.17) is 9.73 Å². The lowest BCUT2D eigenvalue weighted by atomic mass is 9.98. The van der Waals surface area contributed by atoms with E-state index in [1.54, 1.807) is 19.6 Å². The maximum atomic E-state index is 5.28. The number of hydrogen-bond donors (Lipinski definition) is 1. The van der Waals surface area contributed by atoms with Crippen molar-refractivity contribution in [1.29, 1.82) is 0 Å². The average molecular weight is 405 g/mol. The first kappa shape index (κ1) is 19.9. The summed E-state index contributed by atoms with van der Waals surface area (Å²) in [5.41, 5.74) is 2.48. The number of nitrogens with zero attached hydrogens (tertiary/aromatic N) is 5. The van der Waals surface area contributed by atoms with Crippen LogP contribution < -0.4 is 10.1 Å². The van der Waals surface area contributed by atoms with Gasteiger partial charge in [0.05, 0.1) is 13.7 Å². The third-order valence-electron chi connectivity index (χ3n) is 5.40. The Morgan fingerprint density at radius 2 is 2.10 bits per heavy atom. The van der Waals surface area contributed by atoms with Crippen LogP contribution in [0.3, 0.4) is 0 Å². The number of pyridine rings is 1. The monoisotopic (exact) mass is 404 g/mol. The van der Waals surface area contributed by atoms with Crippen LogP contribution in [0.4, 0.5) is 0 Å². The molecule has 3 aromatic rings. The molecule has 0 spiro atoms. The van der Waals surface area contributed by atoms with Gasteiger partial charge in [0.15, 0.2) is 5.96 Å². The Labute approximate surface area is 177 Å². The number of likely N-dealkylation sites (tertiary alicyclic amines) is 1. The molecule has 2 aromatic heterocycles. The first-order valence-electron chi connectivity index (χ1n) is 10.4. The molecular weight excluding hydrogens is 376 g/mol. The molecule has 0 saturated carbocycles. The van der Waals surface area contributed by atoms with E-state index in [9.17, 15) is 0 Å². The molecule has 0 amide bonds. The highest BCUT2D eigenvalue weighted by Crippen LogP contribution is 2.28. The Bertz CT molecular complexity index is 968. The molecule has 0 radical (unpaired) electrons. The third-order valence-corrected chi connectivity index (χ3v) is 5.40. The Balaban J connectivity index is 1.44. The molecular formula is C23H28N6O. The van der Waals surface area contributed by atoms with Gasteiger partial charge in [-0.3, -0.25) is 4.57 Å². The SMILES string of the molecule is CCNC(=NCc1ccnc(-n2ccnc2)c1)N1CCC(c2ccc(OC)cc2)C1. The van der Waals surface area contributed by atoms with Crippen LogP contribution in [0.15, 0.2) is 66.3 Å². The summed E-state index contributed by atoms with van der Waals surface area (Å²) < 4.78 is 7.18. The van der Waals surface area contributed by atoms with Crippen LogP contribution in [0.25, 0.3) is 5.82 Å². The minimum atomic E-state index is 0.508. The average Bonchev–Trinajstić information content (AvgIpc) is 3.50. The molecule has 0 aliphatic carbocycles. The topological polar surface area (TPSA) is 67.6 Å². The Hall–Kier alpha value is -3.35. The summed E-state index contributed by atoms with van der Waals surface area (Å²) in [7, 11) is 1.70. The molecule has 1 aliphatic heterocycles. The number of guanidine groups is 1. The second kappa shape index (κ2) is 9.43. The predicted octanol–water partition coefficient (Wildman–Crippen LogP) is 3.23. The van der Waals surface area contributed by atoms with Crippen molar-refractivity contribution in [1.82, 2.24) is 24.8 Å². The summed E-state index contributed by atoms with van der Waals surface area (Å²) in [4.78, 5) is 15.8. The van der Waals surface area contributed by atoms with E-state index in [0.29, 0.717) is 12.5 Å². The summed E-state index contributed by atoms with van der Waals surface area (Å²) in [6.07, 6.45) is 8.34. The zero-order valence-electron chi connectivity index (χ0n) is 17.5. The van der Waals surface area contributed by atoms with Gasteiger partial charge in [-0.25, -0.2) is 15.0 Å². The molecule has 0 bridgehead atoms. The number of imidazole rings is 1. The highest BCUT2D eigenvalue weighted by molar-refractivity contribution is 5.80. The highest BCUT2D eigenvalue weighted by Gasteiger charge is 2.26. The van der Waals surface area contributed by atoms with Gasteiger partial charge in [0.1, 0.15) is 17.9 Å². The lowest BCUT2D eigenvalue weighted by Crippen LogP contribution is -2.40. The first-order chi connectivity index (χ1) is 14.8. The van der Waals surface area contributed by atoms with Gasteiger partial charge in [-0.1, -0.05) is 12.1 Å². The van der Waals surface area contributed by atoms with Gasteiger partial charge < -0.3 is 15.0 Å². The fraction of sp³-hybridized carbons (Fsp3) is 0.348. The third kappa shape index (κ3) is 4.62. The van der Waals surface area contributed by atoms with E-state index in [1.807, 2.05) is 35.2 Å². The van der Waals surface area contributed by atoms with Crippen molar-refractivity contribution in [3.05, 3.63) is 72.4 Å². The van der Waals surface area contributed by atoms with Crippen molar-refractivity contribution in [2.45, 2.75) is 25.8 Å². The van der Waals surface area contributed by atoms with Crippen molar-refractivity contribution in [2.75, 3.05) is 26.7 Å². The molecule has 1 aliphatic rings. The number of aliphatic imine (C=N–C) groups is 1. The largest absolute Gasteiger partial charge is 0.497 e. The number of rotatable bonds is 6. The van der Waals surface area contributed by atoms with Gasteiger partial charge in [0.2, 0.25) is 0 Å². The molecule has 1 aromatic carbocycles. The zero-order valence-corrected chi connectivity index (χ0v) is 17.5. The molecule has 7 nitrogen and oxygen atoms in total. The van der Waals surface area contributed by atoms with Crippen molar-refractivity contribution < 1.29 is 4.74 Å². The van der Waals surface area contributed by atoms with E-state index in [0.717, 1.165) is 49.1 Å². The summed E-state index contributed by atoms with van der Waals surface area (Å²) in [5.74, 6) is 3.23. The maximum absolute atomic E-state index is 5.28. The predicted molar refractivity (Wildman–Crippen MR) is 118 cm³/mol. The van der Waals surface area contributed by atoms with E-state index in [-0.39, 0.29) is 0 Å². The molecule has 1 N–H and O–H groups in total. The minimum Gasteiger partial charge on any atom is -0.497 e.